The Bertz CT molecular complexity index is 1480. The Morgan fingerprint density at radius 3 is 2.49 bits per heavy atom. The van der Waals surface area contributed by atoms with Crippen molar-refractivity contribution in [3.63, 3.8) is 0 Å². The number of nitrogens with one attached hydrogen (secondary N) is 1. The van der Waals surface area contributed by atoms with Gasteiger partial charge in [-0.1, -0.05) is 17.7 Å². The molecule has 9 nitrogen and oxygen atoms in total. The van der Waals surface area contributed by atoms with Gasteiger partial charge in [-0.25, -0.2) is 13.6 Å². The molecule has 0 aliphatic heterocycles. The van der Waals surface area contributed by atoms with Gasteiger partial charge >= 0.3 is 6.18 Å². The fourth-order valence-corrected chi connectivity index (χ4v) is 4.64. The Balaban J connectivity index is 0.00000170. The second-order valence-corrected chi connectivity index (χ2v) is 10.4. The lowest BCUT2D eigenvalue weighted by atomic mass is 10.1. The Hall–Kier alpha value is -3.75. The smallest absolute Gasteiger partial charge is 0.417 e. The molecule has 39 heavy (non-hydrogen) atoms. The van der Waals surface area contributed by atoms with Crippen molar-refractivity contribution in [3.05, 3.63) is 76.3 Å². The van der Waals surface area contributed by atoms with Crippen LogP contribution < -0.4 is 15.8 Å². The normalized spacial score (nSPS) is 12.4. The van der Waals surface area contributed by atoms with Crippen molar-refractivity contribution in [1.29, 1.82) is 0 Å². The van der Waals surface area contributed by atoms with Crippen LogP contribution in [0.5, 0.6) is 11.5 Å². The summed E-state index contributed by atoms with van der Waals surface area (Å²) in [6, 6.07) is 9.58. The molecule has 0 saturated heterocycles. The SMILES string of the molecule is Cc1nc(F)ccc1Oc1cc(C(F)(F)F)c(Cl)cc1C(=O)Nc1cccc([S@@](C)(=O)=NCCN)c1.O=CO. The van der Waals surface area contributed by atoms with Gasteiger partial charge in [0.15, 0.2) is 0 Å². The number of hydrogen-bond acceptors (Lipinski definition) is 7. The summed E-state index contributed by atoms with van der Waals surface area (Å²) in [6.07, 6.45) is -3.41. The predicted octanol–water partition coefficient (Wildman–Crippen LogP) is 5.36. The Morgan fingerprint density at radius 1 is 1.23 bits per heavy atom. The highest BCUT2D eigenvalue weighted by Crippen LogP contribution is 2.40. The lowest BCUT2D eigenvalue weighted by Gasteiger charge is -2.17. The molecule has 0 bridgehead atoms. The number of nitrogens with two attached hydrogens (primary N) is 1. The second kappa shape index (κ2) is 13.4. The van der Waals surface area contributed by atoms with Gasteiger partial charge in [0, 0.05) is 23.4 Å². The average molecular weight is 591 g/mol. The highest BCUT2D eigenvalue weighted by atomic mass is 35.5. The van der Waals surface area contributed by atoms with Crippen molar-refractivity contribution in [1.82, 2.24) is 4.98 Å². The third kappa shape index (κ3) is 8.63. The molecule has 0 aliphatic carbocycles. The molecule has 0 radical (unpaired) electrons. The molecule has 0 fully saturated rings. The van der Waals surface area contributed by atoms with E-state index in [1.54, 1.807) is 6.07 Å². The summed E-state index contributed by atoms with van der Waals surface area (Å²) in [4.78, 5) is 25.3. The second-order valence-electron chi connectivity index (χ2n) is 7.68. The monoisotopic (exact) mass is 590 g/mol. The van der Waals surface area contributed by atoms with Crippen LogP contribution in [-0.2, 0) is 20.7 Å². The number of amides is 1. The minimum Gasteiger partial charge on any atom is -0.483 e. The van der Waals surface area contributed by atoms with Gasteiger partial charge in [0.05, 0.1) is 38.1 Å². The molecule has 15 heteroatoms. The van der Waals surface area contributed by atoms with E-state index in [-0.39, 0.29) is 42.3 Å². The van der Waals surface area contributed by atoms with Crippen LogP contribution >= 0.6 is 11.6 Å². The maximum absolute atomic E-state index is 13.5. The van der Waals surface area contributed by atoms with E-state index >= 15 is 0 Å². The van der Waals surface area contributed by atoms with Crippen LogP contribution in [0.15, 0.2) is 57.8 Å². The number of hydrogen-bond donors (Lipinski definition) is 3. The summed E-state index contributed by atoms with van der Waals surface area (Å²) in [5.74, 6) is -2.20. The standard InChI is InChI=1S/C23H21ClF4N4O3S.CH2O2/c1-13-19(6-7-21(25)31-13)35-20-12-17(23(26,27)28)18(24)11-16(20)22(33)32-14-4-3-5-15(10-14)36(2,34)30-9-8-29;2-1-3/h3-7,10-12H,8-9,29H2,1-2H3,(H,32,33);1H,(H,2,3)/t36-;/m1./s1. The van der Waals surface area contributed by atoms with E-state index in [0.29, 0.717) is 11.0 Å². The number of pyridine rings is 1. The van der Waals surface area contributed by atoms with Gasteiger partial charge in [0.2, 0.25) is 5.95 Å². The van der Waals surface area contributed by atoms with E-state index in [1.165, 1.54) is 37.4 Å². The highest BCUT2D eigenvalue weighted by molar-refractivity contribution is 7.93. The molecule has 0 unspecified atom stereocenters. The van der Waals surface area contributed by atoms with E-state index in [4.69, 9.17) is 32.0 Å². The molecule has 4 N–H and O–H groups in total. The number of aromatic nitrogens is 1. The lowest BCUT2D eigenvalue weighted by Crippen LogP contribution is -2.15. The van der Waals surface area contributed by atoms with Crippen molar-refractivity contribution in [2.24, 2.45) is 10.1 Å². The number of carbonyl (C=O) groups excluding carboxylic acids is 1. The minimum absolute atomic E-state index is 0.0523. The van der Waals surface area contributed by atoms with E-state index in [0.717, 1.165) is 12.1 Å². The zero-order valence-corrected chi connectivity index (χ0v) is 22.0. The van der Waals surface area contributed by atoms with Crippen molar-refractivity contribution in [2.45, 2.75) is 18.0 Å². The number of benzene rings is 2. The Morgan fingerprint density at radius 2 is 1.90 bits per heavy atom. The largest absolute Gasteiger partial charge is 0.483 e. The molecule has 3 aromatic rings. The minimum atomic E-state index is -4.83. The molecule has 0 aliphatic rings. The zero-order valence-electron chi connectivity index (χ0n) is 20.5. The van der Waals surface area contributed by atoms with Crippen LogP contribution in [0.3, 0.4) is 0 Å². The van der Waals surface area contributed by atoms with E-state index in [1.807, 2.05) is 0 Å². The summed E-state index contributed by atoms with van der Waals surface area (Å²) < 4.78 is 76.2. The number of halogens is 5. The predicted molar refractivity (Wildman–Crippen MR) is 137 cm³/mol. The van der Waals surface area contributed by atoms with Crippen molar-refractivity contribution < 1.29 is 41.2 Å². The zero-order chi connectivity index (χ0) is 29.4. The van der Waals surface area contributed by atoms with Crippen molar-refractivity contribution >= 4 is 39.4 Å². The number of carbonyl (C=O) groups is 2. The first-order valence-corrected chi connectivity index (χ1v) is 13.1. The summed E-state index contributed by atoms with van der Waals surface area (Å²) in [6.45, 7) is 1.53. The van der Waals surface area contributed by atoms with E-state index < -0.39 is 44.1 Å². The summed E-state index contributed by atoms with van der Waals surface area (Å²) >= 11 is 5.84. The van der Waals surface area contributed by atoms with Gasteiger partial charge in [-0.15, -0.1) is 0 Å². The fraction of sp³-hybridized carbons (Fsp3) is 0.208. The third-order valence-electron chi connectivity index (χ3n) is 4.84. The van der Waals surface area contributed by atoms with Crippen LogP contribution in [0, 0.1) is 12.9 Å². The molecule has 2 aromatic carbocycles. The van der Waals surface area contributed by atoms with Crippen LogP contribution in [-0.4, -0.2) is 46.0 Å². The number of anilines is 1. The first kappa shape index (κ1) is 31.5. The molecule has 1 aromatic heterocycles. The van der Waals surface area contributed by atoms with Crippen LogP contribution in [0.25, 0.3) is 0 Å². The first-order chi connectivity index (χ1) is 18.2. The van der Waals surface area contributed by atoms with Gasteiger partial charge in [-0.05, 0) is 49.4 Å². The molecule has 210 valence electrons. The maximum atomic E-state index is 13.5. The van der Waals surface area contributed by atoms with Crippen LogP contribution in [0.4, 0.5) is 23.2 Å². The molecule has 0 spiro atoms. The first-order valence-electron chi connectivity index (χ1n) is 10.8. The van der Waals surface area contributed by atoms with Gasteiger partial charge < -0.3 is 20.9 Å². The molecule has 1 amide bonds. The highest BCUT2D eigenvalue weighted by Gasteiger charge is 2.35. The van der Waals surface area contributed by atoms with Gasteiger partial charge in [0.25, 0.3) is 12.4 Å². The molecule has 1 atom stereocenters. The van der Waals surface area contributed by atoms with Crippen LogP contribution in [0.2, 0.25) is 5.02 Å². The number of alkyl halides is 3. The number of rotatable bonds is 7. The number of nitrogens with zero attached hydrogens (tertiary/aromatic N) is 2. The lowest BCUT2D eigenvalue weighted by molar-refractivity contribution is -0.137. The molecular weight excluding hydrogens is 568 g/mol. The van der Waals surface area contributed by atoms with Crippen molar-refractivity contribution in [2.75, 3.05) is 24.7 Å². The van der Waals surface area contributed by atoms with Gasteiger partial charge in [0.1, 0.15) is 11.5 Å². The van der Waals surface area contributed by atoms with Crippen molar-refractivity contribution in [3.8, 4) is 11.5 Å². The summed E-state index contributed by atoms with van der Waals surface area (Å²) in [5, 5.41) is 8.70. The Kier molecular flexibility index (Phi) is 10.8. The fourth-order valence-electron chi connectivity index (χ4n) is 3.09. The number of carboxylic acid groups (broad SMARTS) is 1. The van der Waals surface area contributed by atoms with Gasteiger partial charge in [-0.3, -0.25) is 9.59 Å². The topological polar surface area (TPSA) is 144 Å². The number of ether oxygens (including phenoxy) is 1. The van der Waals surface area contributed by atoms with Crippen LogP contribution in [0.1, 0.15) is 21.6 Å². The van der Waals surface area contributed by atoms with Gasteiger partial charge in [-0.2, -0.15) is 17.6 Å². The summed E-state index contributed by atoms with van der Waals surface area (Å²) in [5.41, 5.74) is 4.12. The van der Waals surface area contributed by atoms with E-state index in [9.17, 15) is 26.6 Å². The van der Waals surface area contributed by atoms with E-state index in [2.05, 4.69) is 14.7 Å². The third-order valence-corrected chi connectivity index (χ3v) is 6.96. The average Bonchev–Trinajstić information content (AvgIpc) is 2.85. The quantitative estimate of drug-likeness (QED) is 0.191. The number of aryl methyl sites for hydroxylation is 1. The summed E-state index contributed by atoms with van der Waals surface area (Å²) in [7, 11) is -2.80. The maximum Gasteiger partial charge on any atom is 0.417 e. The molecule has 3 rings (SSSR count). The molecule has 0 saturated carbocycles. The Labute approximate surface area is 226 Å². The molecule has 1 heterocycles. The molecular formula is C24H23ClF4N4O5S.